The Morgan fingerprint density at radius 3 is 2.67 bits per heavy atom. The van der Waals surface area contributed by atoms with E-state index in [0.29, 0.717) is 30.4 Å². The third kappa shape index (κ3) is 4.33. The summed E-state index contributed by atoms with van der Waals surface area (Å²) in [4.78, 5) is 12.3. The summed E-state index contributed by atoms with van der Waals surface area (Å²) in [5, 5.41) is 2.91. The molecule has 1 amide bonds. The molecule has 4 heteroatoms. The number of carbonyl (C=O) groups excluding carboxylic acids is 1. The summed E-state index contributed by atoms with van der Waals surface area (Å²) in [6, 6.07) is 7.29. The van der Waals surface area contributed by atoms with E-state index in [4.69, 9.17) is 4.74 Å². The van der Waals surface area contributed by atoms with Crippen LogP contribution in [0.2, 0.25) is 0 Å². The van der Waals surface area contributed by atoms with E-state index >= 15 is 0 Å². The van der Waals surface area contributed by atoms with Gasteiger partial charge in [-0.05, 0) is 25.0 Å². The summed E-state index contributed by atoms with van der Waals surface area (Å²) in [7, 11) is 0. The van der Waals surface area contributed by atoms with E-state index in [2.05, 4.69) is 35.1 Å². The van der Waals surface area contributed by atoms with Gasteiger partial charge in [0.15, 0.2) is 0 Å². The lowest BCUT2D eigenvalue weighted by atomic mass is 10.1. The molecule has 3 nitrogen and oxygen atoms in total. The number of carbonyl (C=O) groups is 1. The topological polar surface area (TPSA) is 38.3 Å². The molecule has 0 fully saturated rings. The van der Waals surface area contributed by atoms with Crippen LogP contribution in [0.3, 0.4) is 0 Å². The van der Waals surface area contributed by atoms with Gasteiger partial charge in [-0.3, -0.25) is 4.79 Å². The Balaban J connectivity index is 2.66. The Labute approximate surface area is 117 Å². The van der Waals surface area contributed by atoms with E-state index in [1.807, 2.05) is 25.1 Å². The van der Waals surface area contributed by atoms with Gasteiger partial charge in [-0.2, -0.15) is 0 Å². The quantitative estimate of drug-likeness (QED) is 0.819. The minimum atomic E-state index is -0.0934. The molecule has 0 heterocycles. The molecule has 0 saturated carbocycles. The van der Waals surface area contributed by atoms with E-state index in [1.165, 1.54) is 0 Å². The lowest BCUT2D eigenvalue weighted by Gasteiger charge is -2.15. The normalized spacial score (nSPS) is 12.3. The average Bonchev–Trinajstić information content (AvgIpc) is 2.36. The first-order valence-electron chi connectivity index (χ1n) is 6.20. The molecule has 1 rings (SSSR count). The van der Waals surface area contributed by atoms with Crippen molar-refractivity contribution in [1.29, 1.82) is 0 Å². The molecule has 0 bridgehead atoms. The van der Waals surface area contributed by atoms with Crippen LogP contribution in [0.15, 0.2) is 24.3 Å². The zero-order valence-electron chi connectivity index (χ0n) is 11.1. The highest BCUT2D eigenvalue weighted by atomic mass is 79.9. The van der Waals surface area contributed by atoms with E-state index in [1.54, 1.807) is 6.07 Å². The van der Waals surface area contributed by atoms with Crippen LogP contribution in [0, 0.1) is 5.92 Å². The number of alkyl halides is 1. The maximum absolute atomic E-state index is 12.1. The Morgan fingerprint density at radius 2 is 2.06 bits per heavy atom. The first-order chi connectivity index (χ1) is 8.56. The molecule has 0 aliphatic heterocycles. The molecule has 18 heavy (non-hydrogen) atoms. The van der Waals surface area contributed by atoms with Crippen molar-refractivity contribution in [2.75, 3.05) is 13.2 Å². The van der Waals surface area contributed by atoms with Crippen LogP contribution in [-0.4, -0.2) is 23.9 Å². The highest BCUT2D eigenvalue weighted by Gasteiger charge is 2.14. The minimum Gasteiger partial charge on any atom is -0.493 e. The second-order valence-electron chi connectivity index (χ2n) is 4.40. The molecule has 100 valence electrons. The van der Waals surface area contributed by atoms with Crippen molar-refractivity contribution >= 4 is 21.8 Å². The van der Waals surface area contributed by atoms with Crippen LogP contribution < -0.4 is 10.1 Å². The molecular formula is C14H20BrNO2. The number of ether oxygens (including phenoxy) is 1. The molecular weight excluding hydrogens is 294 g/mol. The van der Waals surface area contributed by atoms with Gasteiger partial charge in [0, 0.05) is 11.4 Å². The number of rotatable bonds is 6. The van der Waals surface area contributed by atoms with Crippen LogP contribution in [0.1, 0.15) is 31.1 Å². The van der Waals surface area contributed by atoms with Gasteiger partial charge in [-0.25, -0.2) is 0 Å². The molecule has 1 atom stereocenters. The Kier molecular flexibility index (Phi) is 6.19. The summed E-state index contributed by atoms with van der Waals surface area (Å²) in [5.41, 5.74) is 0.586. The van der Waals surface area contributed by atoms with Crippen molar-refractivity contribution in [2.45, 2.75) is 25.6 Å². The molecule has 1 unspecified atom stereocenters. The maximum Gasteiger partial charge on any atom is 0.255 e. The smallest absolute Gasteiger partial charge is 0.255 e. The van der Waals surface area contributed by atoms with Gasteiger partial charge < -0.3 is 10.1 Å². The monoisotopic (exact) mass is 313 g/mol. The van der Waals surface area contributed by atoms with Gasteiger partial charge in [0.25, 0.3) is 5.91 Å². The molecule has 1 aromatic carbocycles. The lowest BCUT2D eigenvalue weighted by molar-refractivity contribution is 0.0949. The number of halogens is 1. The molecule has 0 spiro atoms. The van der Waals surface area contributed by atoms with Crippen LogP contribution in [0.25, 0.3) is 0 Å². The Bertz CT molecular complexity index is 393. The zero-order valence-corrected chi connectivity index (χ0v) is 12.7. The van der Waals surface area contributed by atoms with Crippen LogP contribution >= 0.6 is 15.9 Å². The highest BCUT2D eigenvalue weighted by Crippen LogP contribution is 2.18. The fraction of sp³-hybridized carbons (Fsp3) is 0.500. The number of nitrogens with one attached hydrogen (secondary N) is 1. The predicted molar refractivity (Wildman–Crippen MR) is 77.5 cm³/mol. The minimum absolute atomic E-state index is 0.0934. The standard InChI is InChI=1S/C14H20BrNO2/c1-4-18-13-8-6-5-7-11(13)14(17)16-9-12(15)10(2)3/h5-8,10,12H,4,9H2,1-3H3,(H,16,17). The second kappa shape index (κ2) is 7.41. The zero-order chi connectivity index (χ0) is 13.5. The fourth-order valence-electron chi connectivity index (χ4n) is 1.46. The molecule has 1 aromatic rings. The lowest BCUT2D eigenvalue weighted by Crippen LogP contribution is -2.31. The van der Waals surface area contributed by atoms with Crippen molar-refractivity contribution in [3.63, 3.8) is 0 Å². The van der Waals surface area contributed by atoms with Crippen molar-refractivity contribution in [3.8, 4) is 5.75 Å². The SMILES string of the molecule is CCOc1ccccc1C(=O)NCC(Br)C(C)C. The molecule has 0 aliphatic carbocycles. The van der Waals surface area contributed by atoms with Gasteiger partial charge in [-0.15, -0.1) is 0 Å². The Hall–Kier alpha value is -1.03. The molecule has 1 N–H and O–H groups in total. The van der Waals surface area contributed by atoms with Crippen LogP contribution in [-0.2, 0) is 0 Å². The van der Waals surface area contributed by atoms with Gasteiger partial charge in [-0.1, -0.05) is 41.9 Å². The van der Waals surface area contributed by atoms with Crippen LogP contribution in [0.5, 0.6) is 5.75 Å². The summed E-state index contributed by atoms with van der Waals surface area (Å²) < 4.78 is 5.44. The summed E-state index contributed by atoms with van der Waals surface area (Å²) >= 11 is 3.55. The summed E-state index contributed by atoms with van der Waals surface area (Å²) in [6.07, 6.45) is 0. The molecule has 0 aromatic heterocycles. The van der Waals surface area contributed by atoms with Crippen molar-refractivity contribution in [1.82, 2.24) is 5.32 Å². The van der Waals surface area contributed by atoms with E-state index < -0.39 is 0 Å². The van der Waals surface area contributed by atoms with Gasteiger partial charge in [0.05, 0.1) is 12.2 Å². The number of hydrogen-bond acceptors (Lipinski definition) is 2. The second-order valence-corrected chi connectivity index (χ2v) is 5.58. The number of hydrogen-bond donors (Lipinski definition) is 1. The predicted octanol–water partition coefficient (Wildman–Crippen LogP) is 3.23. The maximum atomic E-state index is 12.1. The first-order valence-corrected chi connectivity index (χ1v) is 7.12. The van der Waals surface area contributed by atoms with Crippen molar-refractivity contribution < 1.29 is 9.53 Å². The number of para-hydroxylation sites is 1. The third-order valence-electron chi connectivity index (χ3n) is 2.61. The van der Waals surface area contributed by atoms with E-state index in [9.17, 15) is 4.79 Å². The fourth-order valence-corrected chi connectivity index (χ4v) is 1.62. The van der Waals surface area contributed by atoms with E-state index in [-0.39, 0.29) is 10.7 Å². The van der Waals surface area contributed by atoms with E-state index in [0.717, 1.165) is 0 Å². The van der Waals surface area contributed by atoms with Crippen LogP contribution in [0.4, 0.5) is 0 Å². The highest BCUT2D eigenvalue weighted by molar-refractivity contribution is 9.09. The van der Waals surface area contributed by atoms with Gasteiger partial charge >= 0.3 is 0 Å². The summed E-state index contributed by atoms with van der Waals surface area (Å²) in [6.45, 7) is 7.29. The average molecular weight is 314 g/mol. The number of amides is 1. The van der Waals surface area contributed by atoms with Gasteiger partial charge in [0.1, 0.15) is 5.75 Å². The Morgan fingerprint density at radius 1 is 1.39 bits per heavy atom. The molecule has 0 radical (unpaired) electrons. The molecule has 0 aliphatic rings. The first kappa shape index (κ1) is 15.0. The molecule has 0 saturated heterocycles. The largest absolute Gasteiger partial charge is 0.493 e. The van der Waals surface area contributed by atoms with Crippen molar-refractivity contribution in [3.05, 3.63) is 29.8 Å². The summed E-state index contributed by atoms with van der Waals surface area (Å²) in [5.74, 6) is 1.02. The van der Waals surface area contributed by atoms with Gasteiger partial charge in [0.2, 0.25) is 0 Å². The van der Waals surface area contributed by atoms with Crippen molar-refractivity contribution in [2.24, 2.45) is 5.92 Å². The number of benzene rings is 1. The third-order valence-corrected chi connectivity index (χ3v) is 3.99.